The number of carbonyl (C=O) groups is 4. The average molecular weight is 519 g/mol. The molecular formula is C28H46N4O5. The minimum absolute atomic E-state index is 0.219. The van der Waals surface area contributed by atoms with Crippen LogP contribution >= 0.6 is 0 Å². The summed E-state index contributed by atoms with van der Waals surface area (Å²) in [6.07, 6.45) is 15.8. The highest BCUT2D eigenvalue weighted by molar-refractivity contribution is 5.95. The number of rotatable bonds is 12. The highest BCUT2D eigenvalue weighted by Crippen LogP contribution is 2.09. The lowest BCUT2D eigenvalue weighted by Gasteiger charge is -2.25. The third kappa shape index (κ3) is 15.0. The summed E-state index contributed by atoms with van der Waals surface area (Å²) in [6, 6.07) is -2.47. The van der Waals surface area contributed by atoms with Gasteiger partial charge in [-0.25, -0.2) is 0 Å². The van der Waals surface area contributed by atoms with Gasteiger partial charge in [-0.2, -0.15) is 0 Å². The number of allylic oxidation sites excluding steroid dienone is 3. The molecule has 0 aromatic rings. The molecule has 1 aliphatic heterocycles. The summed E-state index contributed by atoms with van der Waals surface area (Å²) in [6.45, 7) is 8.04. The maximum Gasteiger partial charge on any atom is 0.245 e. The fraction of sp³-hybridized carbons (Fsp3) is 0.643. The highest BCUT2D eigenvalue weighted by atomic mass is 16.3. The van der Waals surface area contributed by atoms with Gasteiger partial charge < -0.3 is 26.4 Å². The quantitative estimate of drug-likeness (QED) is 0.154. The van der Waals surface area contributed by atoms with Crippen molar-refractivity contribution in [1.29, 1.82) is 0 Å². The minimum Gasteiger partial charge on any atom is -0.391 e. The number of carbonyl (C=O) groups excluding carboxylic acids is 4. The first-order chi connectivity index (χ1) is 17.6. The Kier molecular flexibility index (Phi) is 15.9. The second-order valence-corrected chi connectivity index (χ2v) is 10.1. The van der Waals surface area contributed by atoms with Crippen LogP contribution in [-0.4, -0.2) is 59.5 Å². The molecule has 0 aromatic carbocycles. The van der Waals surface area contributed by atoms with Crippen LogP contribution in [0.25, 0.3) is 0 Å². The van der Waals surface area contributed by atoms with Crippen molar-refractivity contribution in [2.75, 3.05) is 6.54 Å². The Hall–Kier alpha value is -2.94. The van der Waals surface area contributed by atoms with E-state index >= 15 is 0 Å². The molecule has 1 rings (SSSR count). The van der Waals surface area contributed by atoms with E-state index in [1.54, 1.807) is 25.2 Å². The van der Waals surface area contributed by atoms with Crippen molar-refractivity contribution in [2.24, 2.45) is 5.92 Å². The van der Waals surface area contributed by atoms with Gasteiger partial charge in [0.05, 0.1) is 6.10 Å². The molecule has 1 aliphatic rings. The lowest BCUT2D eigenvalue weighted by atomic mass is 10.0. The number of aliphatic hydroxyl groups excluding tert-OH is 1. The molecule has 0 saturated heterocycles. The van der Waals surface area contributed by atoms with E-state index in [9.17, 15) is 24.3 Å². The summed E-state index contributed by atoms with van der Waals surface area (Å²) >= 11 is 0. The van der Waals surface area contributed by atoms with Gasteiger partial charge in [0.2, 0.25) is 23.6 Å². The number of aliphatic hydroxyl groups is 1. The first-order valence-electron chi connectivity index (χ1n) is 13.5. The van der Waals surface area contributed by atoms with E-state index in [1.807, 2.05) is 6.08 Å². The lowest BCUT2D eigenvalue weighted by molar-refractivity contribution is -0.133. The number of hydrogen-bond acceptors (Lipinski definition) is 5. The molecular weight excluding hydrogens is 472 g/mol. The van der Waals surface area contributed by atoms with Gasteiger partial charge in [0.15, 0.2) is 0 Å². The van der Waals surface area contributed by atoms with Crippen molar-refractivity contribution < 1.29 is 24.3 Å². The van der Waals surface area contributed by atoms with Gasteiger partial charge in [-0.15, -0.1) is 0 Å². The SMILES string of the molecule is CC(C)CCCCC/C=C/C=C/C(=O)N[C@H](C(=O)N[C@H]1CCCCNC(=O)/C=C\[C@H](C)NC1=O)[C@@H](C)O. The Morgan fingerprint density at radius 3 is 2.59 bits per heavy atom. The molecule has 208 valence electrons. The molecule has 5 N–H and O–H groups in total. The third-order valence-corrected chi connectivity index (χ3v) is 5.97. The Morgan fingerprint density at radius 2 is 1.89 bits per heavy atom. The lowest BCUT2D eigenvalue weighted by Crippen LogP contribution is -2.57. The summed E-state index contributed by atoms with van der Waals surface area (Å²) in [4.78, 5) is 49.7. The van der Waals surface area contributed by atoms with E-state index in [4.69, 9.17) is 0 Å². The van der Waals surface area contributed by atoms with E-state index in [-0.39, 0.29) is 5.91 Å². The van der Waals surface area contributed by atoms with Gasteiger partial charge in [0.1, 0.15) is 12.1 Å². The number of unbranched alkanes of at least 4 members (excludes halogenated alkanes) is 3. The Balaban J connectivity index is 2.63. The number of nitrogens with one attached hydrogen (secondary N) is 4. The van der Waals surface area contributed by atoms with Gasteiger partial charge in [-0.1, -0.05) is 57.4 Å². The molecule has 0 fully saturated rings. The Labute approximate surface area is 221 Å². The second kappa shape index (κ2) is 18.3. The van der Waals surface area contributed by atoms with Gasteiger partial charge in [-0.05, 0) is 51.9 Å². The summed E-state index contributed by atoms with van der Waals surface area (Å²) in [5, 5.41) is 20.8. The van der Waals surface area contributed by atoms with E-state index in [0.29, 0.717) is 25.8 Å². The second-order valence-electron chi connectivity index (χ2n) is 10.1. The highest BCUT2D eigenvalue weighted by Gasteiger charge is 2.29. The van der Waals surface area contributed by atoms with Crippen molar-refractivity contribution in [3.05, 3.63) is 36.5 Å². The summed E-state index contributed by atoms with van der Waals surface area (Å²) in [5.41, 5.74) is 0. The van der Waals surface area contributed by atoms with Gasteiger partial charge in [0.25, 0.3) is 0 Å². The van der Waals surface area contributed by atoms with Crippen LogP contribution in [0.2, 0.25) is 0 Å². The molecule has 1 heterocycles. The smallest absolute Gasteiger partial charge is 0.245 e. The van der Waals surface area contributed by atoms with Crippen LogP contribution in [0.3, 0.4) is 0 Å². The fourth-order valence-corrected chi connectivity index (χ4v) is 3.80. The van der Waals surface area contributed by atoms with E-state index in [2.05, 4.69) is 35.1 Å². The minimum atomic E-state index is -1.21. The molecule has 0 aromatic heterocycles. The molecule has 0 bridgehead atoms. The zero-order valence-electron chi connectivity index (χ0n) is 22.8. The molecule has 37 heavy (non-hydrogen) atoms. The average Bonchev–Trinajstić information content (AvgIpc) is 2.82. The molecule has 9 heteroatoms. The Morgan fingerprint density at radius 1 is 1.14 bits per heavy atom. The molecule has 0 unspecified atom stereocenters. The standard InChI is InChI=1S/C28H46N4O5/c1-20(2)14-10-8-6-5-7-9-11-16-25(35)32-26(22(4)33)28(37)31-23-15-12-13-19-29-24(34)18-17-21(3)30-27(23)36/h7,9,11,16-18,20-23,26,33H,5-6,8,10,12-15,19H2,1-4H3,(H,29,34)(H,30,36)(H,31,37)(H,32,35)/b9-7+,16-11+,18-17-/t21-,22+,23-,26-/m0/s1. The molecule has 0 saturated carbocycles. The van der Waals surface area contributed by atoms with E-state index in [1.165, 1.54) is 38.3 Å². The Bertz CT molecular complexity index is 819. The molecule has 4 atom stereocenters. The van der Waals surface area contributed by atoms with Crippen LogP contribution in [-0.2, 0) is 19.2 Å². The first kappa shape index (κ1) is 32.1. The number of amides is 4. The molecule has 0 spiro atoms. The predicted molar refractivity (Wildman–Crippen MR) is 145 cm³/mol. The molecule has 9 nitrogen and oxygen atoms in total. The van der Waals surface area contributed by atoms with Crippen molar-refractivity contribution in [2.45, 2.75) is 103 Å². The van der Waals surface area contributed by atoms with Crippen molar-refractivity contribution >= 4 is 23.6 Å². The van der Waals surface area contributed by atoms with Crippen molar-refractivity contribution in [3.8, 4) is 0 Å². The van der Waals surface area contributed by atoms with Crippen LogP contribution in [0.5, 0.6) is 0 Å². The first-order valence-corrected chi connectivity index (χ1v) is 13.5. The third-order valence-electron chi connectivity index (χ3n) is 5.97. The molecule has 4 amide bonds. The van der Waals surface area contributed by atoms with Crippen LogP contribution in [0.1, 0.15) is 79.1 Å². The normalized spacial score (nSPS) is 22.0. The predicted octanol–water partition coefficient (Wildman–Crippen LogP) is 2.42. The molecule has 0 aliphatic carbocycles. The van der Waals surface area contributed by atoms with E-state index in [0.717, 1.165) is 18.8 Å². The van der Waals surface area contributed by atoms with E-state index < -0.39 is 42.0 Å². The van der Waals surface area contributed by atoms with Gasteiger partial charge in [0, 0.05) is 24.7 Å². The van der Waals surface area contributed by atoms with Gasteiger partial charge >= 0.3 is 0 Å². The number of hydrogen-bond donors (Lipinski definition) is 5. The largest absolute Gasteiger partial charge is 0.391 e. The monoisotopic (exact) mass is 518 g/mol. The topological polar surface area (TPSA) is 137 Å². The summed E-state index contributed by atoms with van der Waals surface area (Å²) in [5.74, 6) is -1.04. The zero-order chi connectivity index (χ0) is 27.6. The van der Waals surface area contributed by atoms with Crippen molar-refractivity contribution in [3.63, 3.8) is 0 Å². The van der Waals surface area contributed by atoms with Crippen LogP contribution in [0.4, 0.5) is 0 Å². The van der Waals surface area contributed by atoms with Crippen molar-refractivity contribution in [1.82, 2.24) is 21.3 Å². The zero-order valence-corrected chi connectivity index (χ0v) is 22.8. The maximum absolute atomic E-state index is 12.9. The fourth-order valence-electron chi connectivity index (χ4n) is 3.80. The maximum atomic E-state index is 12.9. The van der Waals surface area contributed by atoms with Crippen LogP contribution < -0.4 is 21.3 Å². The summed E-state index contributed by atoms with van der Waals surface area (Å²) < 4.78 is 0. The summed E-state index contributed by atoms with van der Waals surface area (Å²) in [7, 11) is 0. The van der Waals surface area contributed by atoms with Gasteiger partial charge in [-0.3, -0.25) is 19.2 Å². The molecule has 0 radical (unpaired) electrons. The van der Waals surface area contributed by atoms with Crippen LogP contribution in [0, 0.1) is 5.92 Å². The van der Waals surface area contributed by atoms with Crippen LogP contribution in [0.15, 0.2) is 36.5 Å².